The molecule has 2 amide bonds. The first kappa shape index (κ1) is 16.2. The van der Waals surface area contributed by atoms with E-state index < -0.39 is 5.91 Å². The lowest BCUT2D eigenvalue weighted by Gasteiger charge is -2.31. The number of carbonyl (C=O) groups is 2. The van der Waals surface area contributed by atoms with Crippen LogP contribution in [0.5, 0.6) is 0 Å². The van der Waals surface area contributed by atoms with Crippen molar-refractivity contribution in [2.75, 3.05) is 11.6 Å². The average molecular weight is 354 g/mol. The van der Waals surface area contributed by atoms with E-state index >= 15 is 0 Å². The number of rotatable bonds is 2. The summed E-state index contributed by atoms with van der Waals surface area (Å²) in [7, 11) is 0. The van der Waals surface area contributed by atoms with Crippen molar-refractivity contribution < 1.29 is 14.8 Å². The lowest BCUT2D eigenvalue weighted by atomic mass is 9.95. The van der Waals surface area contributed by atoms with Gasteiger partial charge in [-0.15, -0.1) is 11.8 Å². The summed E-state index contributed by atoms with van der Waals surface area (Å²) < 4.78 is -0.356. The zero-order chi connectivity index (χ0) is 17.4. The Bertz CT molecular complexity index is 840. The Kier molecular flexibility index (Phi) is 4.01. The number of hydrogen-bond donors (Lipinski definition) is 2. The molecule has 1 saturated heterocycles. The number of nitrogens with zero attached hydrogens (tertiary/aromatic N) is 1. The minimum Gasteiger partial charge on any atom is -0.355 e. The molecule has 2 N–H and O–H groups in total. The molecule has 2 aromatic rings. The van der Waals surface area contributed by atoms with Gasteiger partial charge in [-0.1, -0.05) is 18.2 Å². The van der Waals surface area contributed by atoms with Crippen LogP contribution in [0.2, 0.25) is 0 Å². The number of nitrogens with one attached hydrogen (secondary N) is 1. The summed E-state index contributed by atoms with van der Waals surface area (Å²) in [5.41, 5.74) is 1.93. The average Bonchev–Trinajstić information content (AvgIpc) is 3.00. The largest absolute Gasteiger partial charge is 0.355 e. The maximum Gasteiger partial charge on any atom is 0.281 e. The van der Waals surface area contributed by atoms with Crippen LogP contribution < -0.4 is 10.4 Å². The maximum atomic E-state index is 12.5. The number of amides is 2. The fraction of sp³-hybridized carbons (Fsp3) is 0.263. The van der Waals surface area contributed by atoms with Crippen molar-refractivity contribution in [2.24, 2.45) is 0 Å². The minimum atomic E-state index is -0.460. The monoisotopic (exact) mass is 354 g/mol. The van der Waals surface area contributed by atoms with Gasteiger partial charge in [-0.2, -0.15) is 5.06 Å². The highest BCUT2D eigenvalue weighted by Gasteiger charge is 2.45. The Morgan fingerprint density at radius 2 is 1.96 bits per heavy atom. The standard InChI is InChI=1S/C19H18N2O3S/c22-17(21(24)15-4-2-1-3-5-15)14-6-7-16-13(12-14)8-9-19(25-16)10-11-20-18(19)23/h1-7,12,24H,8-11H2,(H,20,23). The molecule has 1 atom stereocenters. The lowest BCUT2D eigenvalue weighted by molar-refractivity contribution is -0.121. The number of para-hydroxylation sites is 1. The predicted octanol–water partition coefficient (Wildman–Crippen LogP) is 3.02. The molecule has 0 saturated carbocycles. The van der Waals surface area contributed by atoms with E-state index in [-0.39, 0.29) is 10.7 Å². The smallest absolute Gasteiger partial charge is 0.281 e. The molecule has 4 rings (SSSR count). The summed E-state index contributed by atoms with van der Waals surface area (Å²) in [6.07, 6.45) is 2.37. The molecule has 25 heavy (non-hydrogen) atoms. The van der Waals surface area contributed by atoms with Crippen LogP contribution in [0.4, 0.5) is 5.69 Å². The highest BCUT2D eigenvalue weighted by Crippen LogP contribution is 2.47. The van der Waals surface area contributed by atoms with E-state index in [0.717, 1.165) is 36.3 Å². The van der Waals surface area contributed by atoms with E-state index in [1.54, 1.807) is 42.1 Å². The SMILES string of the molecule is O=C(c1ccc2c(c1)CCC1(CCNC1=O)S2)N(O)c1ccccc1. The molecule has 1 spiro atoms. The number of thioether (sulfide) groups is 1. The van der Waals surface area contributed by atoms with E-state index in [2.05, 4.69) is 5.32 Å². The van der Waals surface area contributed by atoms with Gasteiger partial charge in [0.15, 0.2) is 0 Å². The molecule has 1 unspecified atom stereocenters. The van der Waals surface area contributed by atoms with E-state index in [1.165, 1.54) is 0 Å². The molecule has 2 aromatic carbocycles. The molecular weight excluding hydrogens is 336 g/mol. The molecule has 0 bridgehead atoms. The third kappa shape index (κ3) is 2.81. The topological polar surface area (TPSA) is 69.6 Å². The van der Waals surface area contributed by atoms with Gasteiger partial charge >= 0.3 is 0 Å². The van der Waals surface area contributed by atoms with Gasteiger partial charge < -0.3 is 5.32 Å². The molecule has 5 nitrogen and oxygen atoms in total. The molecule has 128 valence electrons. The van der Waals surface area contributed by atoms with Crippen LogP contribution in [0, 0.1) is 0 Å². The molecule has 2 aliphatic heterocycles. The van der Waals surface area contributed by atoms with Crippen LogP contribution >= 0.6 is 11.8 Å². The van der Waals surface area contributed by atoms with Crippen molar-refractivity contribution >= 4 is 29.3 Å². The normalized spacial score (nSPS) is 21.7. The Labute approximate surface area is 150 Å². The van der Waals surface area contributed by atoms with Crippen LogP contribution in [-0.2, 0) is 11.2 Å². The molecule has 2 aliphatic rings. The molecule has 0 aliphatic carbocycles. The van der Waals surface area contributed by atoms with Crippen LogP contribution in [0.1, 0.15) is 28.8 Å². The Morgan fingerprint density at radius 1 is 1.16 bits per heavy atom. The van der Waals surface area contributed by atoms with Crippen LogP contribution in [0.15, 0.2) is 53.4 Å². The van der Waals surface area contributed by atoms with Gasteiger partial charge in [0.2, 0.25) is 5.91 Å². The van der Waals surface area contributed by atoms with Crippen molar-refractivity contribution in [2.45, 2.75) is 28.9 Å². The number of hydrogen-bond acceptors (Lipinski definition) is 4. The quantitative estimate of drug-likeness (QED) is 0.642. The second kappa shape index (κ2) is 6.20. The van der Waals surface area contributed by atoms with Crippen molar-refractivity contribution in [3.05, 3.63) is 59.7 Å². The summed E-state index contributed by atoms with van der Waals surface area (Å²) >= 11 is 1.60. The van der Waals surface area contributed by atoms with Gasteiger partial charge in [0.25, 0.3) is 5.91 Å². The number of hydroxylamine groups is 1. The van der Waals surface area contributed by atoms with Crippen molar-refractivity contribution in [1.82, 2.24) is 5.32 Å². The van der Waals surface area contributed by atoms with Gasteiger partial charge in [0.1, 0.15) is 4.75 Å². The van der Waals surface area contributed by atoms with Crippen LogP contribution in [-0.4, -0.2) is 28.3 Å². The lowest BCUT2D eigenvalue weighted by Crippen LogP contribution is -2.37. The van der Waals surface area contributed by atoms with Gasteiger partial charge in [-0.05, 0) is 55.2 Å². The van der Waals surface area contributed by atoms with Gasteiger partial charge in [-0.25, -0.2) is 0 Å². The number of aryl methyl sites for hydroxylation is 1. The number of anilines is 1. The fourth-order valence-corrected chi connectivity index (χ4v) is 4.82. The van der Waals surface area contributed by atoms with E-state index in [9.17, 15) is 14.8 Å². The first-order valence-electron chi connectivity index (χ1n) is 8.28. The van der Waals surface area contributed by atoms with Crippen molar-refractivity contribution in [3.8, 4) is 0 Å². The van der Waals surface area contributed by atoms with Crippen LogP contribution in [0.3, 0.4) is 0 Å². The first-order chi connectivity index (χ1) is 12.1. The molecule has 0 radical (unpaired) electrons. The minimum absolute atomic E-state index is 0.119. The molecule has 1 fully saturated rings. The van der Waals surface area contributed by atoms with Crippen LogP contribution in [0.25, 0.3) is 0 Å². The third-order valence-corrected chi connectivity index (χ3v) is 6.43. The second-order valence-electron chi connectivity index (χ2n) is 6.38. The molecular formula is C19H18N2O3S. The summed E-state index contributed by atoms with van der Waals surface area (Å²) in [5.74, 6) is -0.341. The van der Waals surface area contributed by atoms with E-state index in [0.29, 0.717) is 16.3 Å². The molecule has 0 aromatic heterocycles. The zero-order valence-corrected chi connectivity index (χ0v) is 14.4. The second-order valence-corrected chi connectivity index (χ2v) is 7.80. The fourth-order valence-electron chi connectivity index (χ4n) is 3.40. The molecule has 6 heteroatoms. The Balaban J connectivity index is 1.58. The molecule has 2 heterocycles. The Hall–Kier alpha value is -2.31. The number of carbonyl (C=O) groups excluding carboxylic acids is 2. The van der Waals surface area contributed by atoms with E-state index in [4.69, 9.17) is 0 Å². The first-order valence-corrected chi connectivity index (χ1v) is 9.09. The van der Waals surface area contributed by atoms with Gasteiger partial charge in [0.05, 0.1) is 5.69 Å². The highest BCUT2D eigenvalue weighted by molar-refractivity contribution is 8.01. The van der Waals surface area contributed by atoms with Gasteiger partial charge in [0, 0.05) is 17.0 Å². The van der Waals surface area contributed by atoms with Crippen molar-refractivity contribution in [3.63, 3.8) is 0 Å². The summed E-state index contributed by atoms with van der Waals surface area (Å²) in [5, 5.41) is 13.8. The predicted molar refractivity (Wildman–Crippen MR) is 96.0 cm³/mol. The third-order valence-electron chi connectivity index (χ3n) is 4.83. The van der Waals surface area contributed by atoms with Crippen molar-refractivity contribution in [1.29, 1.82) is 0 Å². The van der Waals surface area contributed by atoms with E-state index in [1.807, 2.05) is 18.2 Å². The number of benzene rings is 2. The summed E-state index contributed by atoms with van der Waals surface area (Å²) in [6, 6.07) is 14.1. The highest BCUT2D eigenvalue weighted by atomic mass is 32.2. The number of fused-ring (bicyclic) bond motifs is 1. The zero-order valence-electron chi connectivity index (χ0n) is 13.6. The summed E-state index contributed by atoms with van der Waals surface area (Å²) in [4.78, 5) is 25.7. The van der Waals surface area contributed by atoms with Gasteiger partial charge in [-0.3, -0.25) is 14.8 Å². The summed E-state index contributed by atoms with van der Waals surface area (Å²) in [6.45, 7) is 0.730. The Morgan fingerprint density at radius 3 is 2.68 bits per heavy atom. The maximum absolute atomic E-state index is 12.5.